The van der Waals surface area contributed by atoms with Gasteiger partial charge in [0, 0.05) is 13.6 Å². The molecule has 1 saturated heterocycles. The lowest BCUT2D eigenvalue weighted by Crippen LogP contribution is -2.51. The van der Waals surface area contributed by atoms with E-state index in [1.165, 1.54) is 31.2 Å². The highest BCUT2D eigenvalue weighted by molar-refractivity contribution is 5.86. The molecular weight excluding hydrogens is 376 g/mol. The number of anilines is 1. The predicted molar refractivity (Wildman–Crippen MR) is 104 cm³/mol. The first kappa shape index (κ1) is 19.2. The molecule has 1 aliphatic rings. The van der Waals surface area contributed by atoms with Crippen LogP contribution < -0.4 is 10.6 Å². The van der Waals surface area contributed by atoms with Gasteiger partial charge in [0.15, 0.2) is 28.8 Å². The zero-order chi connectivity index (χ0) is 20.6. The van der Waals surface area contributed by atoms with Gasteiger partial charge in [-0.25, -0.2) is 15.0 Å². The fourth-order valence-electron chi connectivity index (χ4n) is 3.48. The van der Waals surface area contributed by atoms with Gasteiger partial charge < -0.3 is 25.6 Å². The van der Waals surface area contributed by atoms with E-state index >= 15 is 0 Å². The van der Waals surface area contributed by atoms with Crippen molar-refractivity contribution in [2.24, 2.45) is 0 Å². The summed E-state index contributed by atoms with van der Waals surface area (Å²) < 4.78 is 7.27. The molecule has 0 spiro atoms. The first-order valence-electron chi connectivity index (χ1n) is 9.17. The minimum absolute atomic E-state index is 0.410. The van der Waals surface area contributed by atoms with Crippen LogP contribution in [0.5, 0.6) is 0 Å². The van der Waals surface area contributed by atoms with Gasteiger partial charge in [0.05, 0.1) is 6.33 Å². The van der Waals surface area contributed by atoms with Gasteiger partial charge in [-0.05, 0) is 12.5 Å². The molecule has 4 atom stereocenters. The molecule has 1 fully saturated rings. The first-order valence-corrected chi connectivity index (χ1v) is 9.17. The van der Waals surface area contributed by atoms with Crippen molar-refractivity contribution < 1.29 is 19.7 Å². The van der Waals surface area contributed by atoms with E-state index in [1.54, 1.807) is 0 Å². The molecule has 10 heteroatoms. The number of amides is 1. The summed E-state index contributed by atoms with van der Waals surface area (Å²) in [6.07, 6.45) is -0.964. The SMILES string of the molecule is CNC(=O)[C@@]1(C)O[C@H](n2cnc3c(NCc4ccccc4)ncnc32)[C@H](O)[C@@H]1O. The molecule has 1 amide bonds. The average Bonchev–Trinajstić information content (AvgIpc) is 3.28. The molecule has 152 valence electrons. The molecule has 1 aromatic carbocycles. The number of nitrogens with zero attached hydrogens (tertiary/aromatic N) is 4. The number of fused-ring (bicyclic) bond motifs is 1. The predicted octanol–water partition coefficient (Wildman–Crippen LogP) is 0.194. The van der Waals surface area contributed by atoms with Crippen LogP contribution in [0, 0.1) is 0 Å². The number of carbonyl (C=O) groups excluding carboxylic acids is 1. The molecule has 0 bridgehead atoms. The molecule has 4 N–H and O–H groups in total. The van der Waals surface area contributed by atoms with Gasteiger partial charge in [0.1, 0.15) is 18.5 Å². The van der Waals surface area contributed by atoms with Crippen molar-refractivity contribution in [1.82, 2.24) is 24.8 Å². The van der Waals surface area contributed by atoms with Crippen LogP contribution in [-0.2, 0) is 16.1 Å². The largest absolute Gasteiger partial charge is 0.387 e. The summed E-state index contributed by atoms with van der Waals surface area (Å²) in [5.41, 5.74) is 0.379. The monoisotopic (exact) mass is 398 g/mol. The number of ether oxygens (including phenoxy) is 1. The quantitative estimate of drug-likeness (QED) is 0.479. The third kappa shape index (κ3) is 3.20. The summed E-state index contributed by atoms with van der Waals surface area (Å²) in [5.74, 6) is -0.00415. The van der Waals surface area contributed by atoms with Crippen LogP contribution in [0.3, 0.4) is 0 Å². The Morgan fingerprint density at radius 3 is 2.72 bits per heavy atom. The normalized spacial score (nSPS) is 26.6. The van der Waals surface area contributed by atoms with Crippen LogP contribution in [0.1, 0.15) is 18.7 Å². The number of nitrogens with one attached hydrogen (secondary N) is 2. The Labute approximate surface area is 166 Å². The second-order valence-corrected chi connectivity index (χ2v) is 7.02. The number of likely N-dealkylation sites (N-methyl/N-ethyl adjacent to an activating group) is 1. The highest BCUT2D eigenvalue weighted by Gasteiger charge is 2.56. The van der Waals surface area contributed by atoms with Crippen molar-refractivity contribution >= 4 is 22.9 Å². The molecule has 29 heavy (non-hydrogen) atoms. The molecule has 0 aliphatic carbocycles. The minimum Gasteiger partial charge on any atom is -0.387 e. The van der Waals surface area contributed by atoms with E-state index in [4.69, 9.17) is 4.74 Å². The molecule has 3 heterocycles. The smallest absolute Gasteiger partial charge is 0.254 e. The summed E-state index contributed by atoms with van der Waals surface area (Å²) in [6, 6.07) is 9.84. The van der Waals surface area contributed by atoms with Gasteiger partial charge in [-0.3, -0.25) is 9.36 Å². The Morgan fingerprint density at radius 2 is 2.00 bits per heavy atom. The van der Waals surface area contributed by atoms with Crippen LogP contribution in [0.4, 0.5) is 5.82 Å². The molecule has 0 radical (unpaired) electrons. The van der Waals surface area contributed by atoms with Gasteiger partial charge in [0.2, 0.25) is 0 Å². The van der Waals surface area contributed by atoms with Crippen molar-refractivity contribution in [2.45, 2.75) is 37.5 Å². The summed E-state index contributed by atoms with van der Waals surface area (Å²) in [4.78, 5) is 25.0. The van der Waals surface area contributed by atoms with Gasteiger partial charge in [-0.15, -0.1) is 0 Å². The van der Waals surface area contributed by atoms with E-state index in [1.807, 2.05) is 30.3 Å². The lowest BCUT2D eigenvalue weighted by Gasteiger charge is -2.25. The van der Waals surface area contributed by atoms with Crippen LogP contribution in [0.25, 0.3) is 11.2 Å². The third-order valence-electron chi connectivity index (χ3n) is 5.16. The Balaban J connectivity index is 1.63. The van der Waals surface area contributed by atoms with Gasteiger partial charge >= 0.3 is 0 Å². The third-order valence-corrected chi connectivity index (χ3v) is 5.16. The Bertz CT molecular complexity index is 1030. The van der Waals surface area contributed by atoms with Crippen LogP contribution in [0.2, 0.25) is 0 Å². The maximum atomic E-state index is 12.2. The van der Waals surface area contributed by atoms with E-state index < -0.39 is 29.9 Å². The molecular formula is C19H22N6O4. The fourth-order valence-corrected chi connectivity index (χ4v) is 3.48. The van der Waals surface area contributed by atoms with Crippen molar-refractivity contribution in [3.8, 4) is 0 Å². The Morgan fingerprint density at radius 1 is 1.24 bits per heavy atom. The number of hydrogen-bond acceptors (Lipinski definition) is 8. The van der Waals surface area contributed by atoms with Crippen molar-refractivity contribution in [1.29, 1.82) is 0 Å². The van der Waals surface area contributed by atoms with Crippen molar-refractivity contribution in [3.63, 3.8) is 0 Å². The van der Waals surface area contributed by atoms with E-state index in [2.05, 4.69) is 25.6 Å². The number of rotatable bonds is 5. The lowest BCUT2D eigenvalue weighted by molar-refractivity contribution is -0.154. The first-order chi connectivity index (χ1) is 14.0. The summed E-state index contributed by atoms with van der Waals surface area (Å²) in [7, 11) is 1.44. The van der Waals surface area contributed by atoms with Crippen molar-refractivity contribution in [2.75, 3.05) is 12.4 Å². The molecule has 3 aromatic rings. The molecule has 4 rings (SSSR count). The minimum atomic E-state index is -1.60. The molecule has 0 saturated carbocycles. The number of aliphatic hydroxyl groups is 2. The van der Waals surface area contributed by atoms with E-state index in [9.17, 15) is 15.0 Å². The maximum absolute atomic E-state index is 12.2. The number of benzene rings is 1. The van der Waals surface area contributed by atoms with Crippen LogP contribution in [-0.4, -0.2) is 60.5 Å². The summed E-state index contributed by atoms with van der Waals surface area (Å²) in [5, 5.41) is 26.6. The van der Waals surface area contributed by atoms with Crippen LogP contribution in [0.15, 0.2) is 43.0 Å². The van der Waals surface area contributed by atoms with Gasteiger partial charge in [-0.1, -0.05) is 30.3 Å². The average molecular weight is 398 g/mol. The summed E-state index contributed by atoms with van der Waals surface area (Å²) in [6.45, 7) is 1.98. The zero-order valence-corrected chi connectivity index (χ0v) is 16.0. The standard InChI is InChI=1S/C19H22N6O4/c1-19(18(28)20-2)14(27)13(26)17(29-19)25-10-24-12-15(22-9-23-16(12)25)21-8-11-6-4-3-5-7-11/h3-7,9-10,13-14,17,26-27H,8H2,1-2H3,(H,20,28)(H,21,22,23)/t13-,14+,17+,19+/m1/s1. The van der Waals surface area contributed by atoms with E-state index in [0.717, 1.165) is 5.56 Å². The van der Waals surface area contributed by atoms with Crippen molar-refractivity contribution in [3.05, 3.63) is 48.5 Å². The lowest BCUT2D eigenvalue weighted by atomic mass is 9.96. The highest BCUT2D eigenvalue weighted by atomic mass is 16.6. The number of carbonyl (C=O) groups is 1. The second-order valence-electron chi connectivity index (χ2n) is 7.02. The molecule has 1 aliphatic heterocycles. The van der Waals surface area contributed by atoms with Crippen LogP contribution >= 0.6 is 0 Å². The second kappa shape index (κ2) is 7.39. The molecule has 10 nitrogen and oxygen atoms in total. The molecule has 0 unspecified atom stereocenters. The number of aliphatic hydroxyl groups excluding tert-OH is 2. The van der Waals surface area contributed by atoms with Gasteiger partial charge in [-0.2, -0.15) is 0 Å². The van der Waals surface area contributed by atoms with E-state index in [0.29, 0.717) is 23.5 Å². The topological polar surface area (TPSA) is 134 Å². The summed E-state index contributed by atoms with van der Waals surface area (Å²) >= 11 is 0. The van der Waals surface area contributed by atoms with Gasteiger partial charge in [0.25, 0.3) is 5.91 Å². The number of hydrogen-bond donors (Lipinski definition) is 4. The molecule has 2 aromatic heterocycles. The fraction of sp³-hybridized carbons (Fsp3) is 0.368. The van der Waals surface area contributed by atoms with E-state index in [-0.39, 0.29) is 0 Å². The Kier molecular flexibility index (Phi) is 4.91. The Hall–Kier alpha value is -3.08. The zero-order valence-electron chi connectivity index (χ0n) is 16.0. The number of imidazole rings is 1. The maximum Gasteiger partial charge on any atom is 0.254 e. The number of aromatic nitrogens is 4. The highest BCUT2D eigenvalue weighted by Crippen LogP contribution is 2.38.